The number of carbonyl (C=O) groups is 3. The second kappa shape index (κ2) is 7.67. The maximum absolute atomic E-state index is 11.7. The molecule has 0 atom stereocenters. The highest BCUT2D eigenvalue weighted by atomic mass is 16.5. The highest BCUT2D eigenvalue weighted by Gasteiger charge is 2.16. The van der Waals surface area contributed by atoms with Crippen LogP contribution in [0.2, 0.25) is 0 Å². The molecule has 118 valence electrons. The van der Waals surface area contributed by atoms with Gasteiger partial charge in [-0.05, 0) is 18.2 Å². The molecule has 1 aromatic rings. The zero-order valence-corrected chi connectivity index (χ0v) is 12.3. The third-order valence-corrected chi connectivity index (χ3v) is 2.62. The highest BCUT2D eigenvalue weighted by Crippen LogP contribution is 2.27. The van der Waals surface area contributed by atoms with Crippen molar-refractivity contribution in [3.8, 4) is 5.75 Å². The van der Waals surface area contributed by atoms with Crippen molar-refractivity contribution >= 4 is 23.5 Å². The van der Waals surface area contributed by atoms with Gasteiger partial charge >= 0.3 is 11.9 Å². The number of methoxy groups -OCH3 is 3. The second-order valence-electron chi connectivity index (χ2n) is 3.98. The van der Waals surface area contributed by atoms with Crippen LogP contribution in [0.3, 0.4) is 0 Å². The Bertz CT molecular complexity index is 624. The van der Waals surface area contributed by atoms with E-state index >= 15 is 0 Å². The van der Waals surface area contributed by atoms with Crippen molar-refractivity contribution in [2.45, 2.75) is 0 Å². The minimum atomic E-state index is -0.795. The number of hydrogen-bond acceptors (Lipinski definition) is 7. The smallest absolute Gasteiger partial charge is 0.354 e. The van der Waals surface area contributed by atoms with Gasteiger partial charge in [-0.2, -0.15) is 0 Å². The zero-order chi connectivity index (χ0) is 16.7. The van der Waals surface area contributed by atoms with Crippen molar-refractivity contribution in [3.05, 3.63) is 35.5 Å². The van der Waals surface area contributed by atoms with Crippen LogP contribution in [-0.4, -0.2) is 39.2 Å². The zero-order valence-electron chi connectivity index (χ0n) is 12.3. The molecule has 0 saturated carbocycles. The molecule has 0 aliphatic heterocycles. The number of anilines is 1. The standard InChI is InChI=1S/C14H16N2O6/c1-20-11-5-4-8(13(15)18)6-9(11)16-10(14(19)22-3)7-12(17)21-2/h4-7,16H,1-3H3,(H2,15,18)/b10-7+. The summed E-state index contributed by atoms with van der Waals surface area (Å²) in [5, 5.41) is 2.66. The minimum Gasteiger partial charge on any atom is -0.495 e. The average molecular weight is 308 g/mol. The van der Waals surface area contributed by atoms with E-state index < -0.39 is 17.8 Å². The molecule has 8 nitrogen and oxygen atoms in total. The molecule has 0 fully saturated rings. The number of esters is 2. The van der Waals surface area contributed by atoms with Gasteiger partial charge in [0.05, 0.1) is 33.1 Å². The molecule has 0 aliphatic rings. The normalized spacial score (nSPS) is 10.6. The molecule has 0 aromatic heterocycles. The first-order valence-electron chi connectivity index (χ1n) is 6.05. The number of amides is 1. The number of ether oxygens (including phenoxy) is 3. The number of rotatable bonds is 6. The summed E-state index contributed by atoms with van der Waals surface area (Å²) in [5.41, 5.74) is 5.48. The van der Waals surface area contributed by atoms with Gasteiger partial charge in [0.1, 0.15) is 11.4 Å². The van der Waals surface area contributed by atoms with Crippen molar-refractivity contribution in [2.24, 2.45) is 5.73 Å². The summed E-state index contributed by atoms with van der Waals surface area (Å²) in [6, 6.07) is 4.35. The molecule has 0 heterocycles. The van der Waals surface area contributed by atoms with Crippen LogP contribution in [0.15, 0.2) is 30.0 Å². The Morgan fingerprint density at radius 1 is 1.14 bits per heavy atom. The third-order valence-electron chi connectivity index (χ3n) is 2.62. The Labute approximate surface area is 126 Å². The molecule has 1 amide bonds. The van der Waals surface area contributed by atoms with E-state index in [0.29, 0.717) is 5.75 Å². The third kappa shape index (κ3) is 4.23. The predicted molar refractivity (Wildman–Crippen MR) is 77.2 cm³/mol. The van der Waals surface area contributed by atoms with Crippen molar-refractivity contribution in [1.29, 1.82) is 0 Å². The van der Waals surface area contributed by atoms with Crippen LogP contribution in [0.4, 0.5) is 5.69 Å². The van der Waals surface area contributed by atoms with Gasteiger partial charge in [0.25, 0.3) is 0 Å². The second-order valence-corrected chi connectivity index (χ2v) is 3.98. The molecule has 22 heavy (non-hydrogen) atoms. The van der Waals surface area contributed by atoms with Crippen LogP contribution < -0.4 is 15.8 Å². The number of hydrogen-bond donors (Lipinski definition) is 2. The molecule has 1 rings (SSSR count). The summed E-state index contributed by atoms with van der Waals surface area (Å²) >= 11 is 0. The van der Waals surface area contributed by atoms with Crippen LogP contribution in [-0.2, 0) is 19.1 Å². The lowest BCUT2D eigenvalue weighted by atomic mass is 10.1. The first-order valence-corrected chi connectivity index (χ1v) is 6.05. The highest BCUT2D eigenvalue weighted by molar-refractivity contribution is 6.00. The SMILES string of the molecule is COC(=O)/C=C(/Nc1cc(C(N)=O)ccc1OC)C(=O)OC. The Morgan fingerprint density at radius 2 is 1.82 bits per heavy atom. The molecule has 0 bridgehead atoms. The molecule has 8 heteroatoms. The summed E-state index contributed by atoms with van der Waals surface area (Å²) in [5.74, 6) is -1.86. The summed E-state index contributed by atoms with van der Waals surface area (Å²) in [7, 11) is 3.74. The van der Waals surface area contributed by atoms with Crippen LogP contribution in [0.5, 0.6) is 5.75 Å². The summed E-state index contributed by atoms with van der Waals surface area (Å²) in [6.45, 7) is 0. The quantitative estimate of drug-likeness (QED) is 0.578. The molecular weight excluding hydrogens is 292 g/mol. The van der Waals surface area contributed by atoms with Gasteiger partial charge in [0, 0.05) is 5.56 Å². The molecule has 0 spiro atoms. The molecule has 1 aromatic carbocycles. The van der Waals surface area contributed by atoms with Gasteiger partial charge in [-0.15, -0.1) is 0 Å². The van der Waals surface area contributed by atoms with Crippen molar-refractivity contribution in [3.63, 3.8) is 0 Å². The van der Waals surface area contributed by atoms with E-state index in [1.165, 1.54) is 32.4 Å². The summed E-state index contributed by atoms with van der Waals surface area (Å²) in [4.78, 5) is 34.2. The molecule has 0 aliphatic carbocycles. The number of carbonyl (C=O) groups excluding carboxylic acids is 3. The van der Waals surface area contributed by atoms with Crippen molar-refractivity contribution in [1.82, 2.24) is 0 Å². The Hall–Kier alpha value is -3.03. The number of nitrogens with two attached hydrogens (primary N) is 1. The fraction of sp³-hybridized carbons (Fsp3) is 0.214. The van der Waals surface area contributed by atoms with Crippen molar-refractivity contribution < 1.29 is 28.6 Å². The van der Waals surface area contributed by atoms with E-state index in [2.05, 4.69) is 14.8 Å². The van der Waals surface area contributed by atoms with Gasteiger partial charge in [-0.1, -0.05) is 0 Å². The minimum absolute atomic E-state index is 0.186. The molecule has 0 radical (unpaired) electrons. The largest absolute Gasteiger partial charge is 0.495 e. The lowest BCUT2D eigenvalue weighted by molar-refractivity contribution is -0.138. The maximum Gasteiger partial charge on any atom is 0.354 e. The fourth-order valence-electron chi connectivity index (χ4n) is 1.54. The molecule has 0 saturated heterocycles. The molecule has 3 N–H and O–H groups in total. The van der Waals surface area contributed by atoms with Crippen molar-refractivity contribution in [2.75, 3.05) is 26.6 Å². The maximum atomic E-state index is 11.7. The average Bonchev–Trinajstić information content (AvgIpc) is 2.52. The van der Waals surface area contributed by atoms with Gasteiger partial charge < -0.3 is 25.3 Å². The van der Waals surface area contributed by atoms with Gasteiger partial charge in [0.15, 0.2) is 0 Å². The van der Waals surface area contributed by atoms with Crippen LogP contribution in [0, 0.1) is 0 Å². The van der Waals surface area contributed by atoms with E-state index in [-0.39, 0.29) is 16.9 Å². The van der Waals surface area contributed by atoms with E-state index in [4.69, 9.17) is 10.5 Å². The van der Waals surface area contributed by atoms with E-state index in [1.807, 2.05) is 0 Å². The lowest BCUT2D eigenvalue weighted by Gasteiger charge is -2.13. The summed E-state index contributed by atoms with van der Waals surface area (Å²) < 4.78 is 14.1. The van der Waals surface area contributed by atoms with Gasteiger partial charge in [-0.3, -0.25) is 4.79 Å². The first kappa shape index (κ1) is 17.0. The monoisotopic (exact) mass is 308 g/mol. The van der Waals surface area contributed by atoms with E-state index in [1.54, 1.807) is 0 Å². The molecular formula is C14H16N2O6. The van der Waals surface area contributed by atoms with Gasteiger partial charge in [-0.25, -0.2) is 9.59 Å². The van der Waals surface area contributed by atoms with Crippen LogP contribution in [0.1, 0.15) is 10.4 Å². The summed E-state index contributed by atoms with van der Waals surface area (Å²) in [6.07, 6.45) is 0.919. The van der Waals surface area contributed by atoms with Crippen LogP contribution in [0.25, 0.3) is 0 Å². The Morgan fingerprint density at radius 3 is 2.32 bits per heavy atom. The van der Waals surface area contributed by atoms with E-state index in [0.717, 1.165) is 13.2 Å². The number of primary amides is 1. The fourth-order valence-corrected chi connectivity index (χ4v) is 1.54. The Balaban J connectivity index is 3.24. The predicted octanol–water partition coefficient (Wildman–Crippen LogP) is 0.436. The van der Waals surface area contributed by atoms with Crippen LogP contribution >= 0.6 is 0 Å². The number of benzene rings is 1. The molecule has 0 unspecified atom stereocenters. The first-order chi connectivity index (χ1) is 10.4. The Kier molecular flexibility index (Phi) is 5.94. The van der Waals surface area contributed by atoms with Gasteiger partial charge in [0.2, 0.25) is 5.91 Å². The van der Waals surface area contributed by atoms with E-state index in [9.17, 15) is 14.4 Å². The topological polar surface area (TPSA) is 117 Å². The number of nitrogens with one attached hydrogen (secondary N) is 1. The lowest BCUT2D eigenvalue weighted by Crippen LogP contribution is -2.17.